The summed E-state index contributed by atoms with van der Waals surface area (Å²) in [5.41, 5.74) is -1.08. The van der Waals surface area contributed by atoms with Crippen molar-refractivity contribution >= 4 is 29.3 Å². The molecule has 1 aromatic rings. The zero-order chi connectivity index (χ0) is 14.4. The van der Waals surface area contributed by atoms with Gasteiger partial charge in [-0.05, 0) is 12.1 Å². The van der Waals surface area contributed by atoms with Crippen molar-refractivity contribution < 1.29 is 22.8 Å². The molecule has 0 aliphatic carbocycles. The quantitative estimate of drug-likeness (QED) is 0.583. The van der Waals surface area contributed by atoms with E-state index in [0.717, 1.165) is 6.08 Å². The third-order valence-electron chi connectivity index (χ3n) is 2.35. The lowest BCUT2D eigenvalue weighted by Crippen LogP contribution is -2.40. The highest BCUT2D eigenvalue weighted by atomic mass is 35.5. The van der Waals surface area contributed by atoms with E-state index >= 15 is 0 Å². The third kappa shape index (κ3) is 2.62. The van der Waals surface area contributed by atoms with E-state index in [1.54, 1.807) is 0 Å². The number of hydrogen-bond acceptors (Lipinski definition) is 3. The van der Waals surface area contributed by atoms with Crippen molar-refractivity contribution in [3.8, 4) is 5.75 Å². The molecule has 0 saturated carbocycles. The van der Waals surface area contributed by atoms with Crippen molar-refractivity contribution in [2.24, 2.45) is 0 Å². The van der Waals surface area contributed by atoms with Gasteiger partial charge in [-0.3, -0.25) is 10.1 Å². The van der Waals surface area contributed by atoms with E-state index in [2.05, 4.69) is 4.74 Å². The smallest absolute Gasteiger partial charge is 0.436 e. The van der Waals surface area contributed by atoms with Gasteiger partial charge in [0.15, 0.2) is 0 Å². The monoisotopic (exact) mass is 313 g/mol. The molecule has 1 heterocycles. The molecule has 1 aromatic carbocycles. The summed E-state index contributed by atoms with van der Waals surface area (Å²) in [6.45, 7) is 0. The van der Waals surface area contributed by atoms with Crippen molar-refractivity contribution in [1.29, 1.82) is 0 Å². The maximum absolute atomic E-state index is 12.7. The van der Waals surface area contributed by atoms with Crippen LogP contribution in [0.25, 0.3) is 6.08 Å². The average Bonchev–Trinajstić information content (AvgIpc) is 2.25. The fourth-order valence-electron chi connectivity index (χ4n) is 1.61. The fourth-order valence-corrected chi connectivity index (χ4v) is 2.16. The first-order valence-electron chi connectivity index (χ1n) is 4.78. The van der Waals surface area contributed by atoms with Crippen LogP contribution < -0.4 is 4.74 Å². The van der Waals surface area contributed by atoms with Crippen LogP contribution in [0.15, 0.2) is 17.8 Å². The standard InChI is InChI=1S/C10H4Cl2F3NO3/c11-5-1-4-2-7(16(17)18)9(10(13,14)15)19-8(4)6(12)3-5/h1-3,9H. The van der Waals surface area contributed by atoms with E-state index in [0.29, 0.717) is 0 Å². The Kier molecular flexibility index (Phi) is 3.36. The Hall–Kier alpha value is -1.47. The van der Waals surface area contributed by atoms with E-state index < -0.39 is 22.9 Å². The zero-order valence-electron chi connectivity index (χ0n) is 8.87. The van der Waals surface area contributed by atoms with E-state index in [4.69, 9.17) is 23.2 Å². The van der Waals surface area contributed by atoms with Gasteiger partial charge in [-0.2, -0.15) is 13.2 Å². The molecule has 1 aliphatic heterocycles. The van der Waals surface area contributed by atoms with Gasteiger partial charge in [0, 0.05) is 16.7 Å². The van der Waals surface area contributed by atoms with Crippen molar-refractivity contribution in [2.75, 3.05) is 0 Å². The first-order valence-corrected chi connectivity index (χ1v) is 5.54. The first kappa shape index (κ1) is 14.0. The maximum atomic E-state index is 12.7. The Bertz CT molecular complexity index is 586. The molecule has 4 nitrogen and oxygen atoms in total. The molecule has 0 amide bonds. The van der Waals surface area contributed by atoms with Crippen LogP contribution in [0.4, 0.5) is 13.2 Å². The summed E-state index contributed by atoms with van der Waals surface area (Å²) >= 11 is 11.4. The average molecular weight is 314 g/mol. The van der Waals surface area contributed by atoms with Crippen LogP contribution in [0.1, 0.15) is 5.56 Å². The van der Waals surface area contributed by atoms with Gasteiger partial charge in [-0.1, -0.05) is 23.2 Å². The molecular formula is C10H4Cl2F3NO3. The number of nitrogens with zero attached hydrogens (tertiary/aromatic N) is 1. The second-order valence-electron chi connectivity index (χ2n) is 3.67. The molecule has 0 spiro atoms. The van der Waals surface area contributed by atoms with Crippen molar-refractivity contribution in [3.05, 3.63) is 43.6 Å². The summed E-state index contributed by atoms with van der Waals surface area (Å²) < 4.78 is 42.8. The molecular weight excluding hydrogens is 310 g/mol. The van der Waals surface area contributed by atoms with Crippen LogP contribution in [-0.4, -0.2) is 17.2 Å². The number of fused-ring (bicyclic) bond motifs is 1. The van der Waals surface area contributed by atoms with Crippen LogP contribution in [-0.2, 0) is 0 Å². The highest BCUT2D eigenvalue weighted by molar-refractivity contribution is 6.36. The largest absolute Gasteiger partial charge is 0.467 e. The lowest BCUT2D eigenvalue weighted by atomic mass is 10.1. The van der Waals surface area contributed by atoms with E-state index in [-0.39, 0.29) is 21.4 Å². The molecule has 0 N–H and O–H groups in total. The first-order chi connectivity index (χ1) is 8.70. The maximum Gasteiger partial charge on any atom is 0.436 e. The highest BCUT2D eigenvalue weighted by Crippen LogP contribution is 2.42. The number of nitro groups is 1. The second-order valence-corrected chi connectivity index (χ2v) is 4.52. The Morgan fingerprint density at radius 2 is 1.95 bits per heavy atom. The van der Waals surface area contributed by atoms with Crippen LogP contribution in [0, 0.1) is 10.1 Å². The summed E-state index contributed by atoms with van der Waals surface area (Å²) in [5, 5.41) is 10.7. The summed E-state index contributed by atoms with van der Waals surface area (Å²) in [5.74, 6) is -0.279. The van der Waals surface area contributed by atoms with Gasteiger partial charge in [0.1, 0.15) is 5.75 Å². The van der Waals surface area contributed by atoms with Gasteiger partial charge in [0.05, 0.1) is 9.95 Å². The minimum Gasteiger partial charge on any atom is -0.467 e. The van der Waals surface area contributed by atoms with Gasteiger partial charge in [0.25, 0.3) is 11.8 Å². The molecule has 9 heteroatoms. The minimum absolute atomic E-state index is 0.0321. The number of hydrogen-bond donors (Lipinski definition) is 0. The minimum atomic E-state index is -4.92. The lowest BCUT2D eigenvalue weighted by molar-refractivity contribution is -0.443. The Labute approximate surface area is 114 Å². The van der Waals surface area contributed by atoms with Crippen LogP contribution >= 0.6 is 23.2 Å². The van der Waals surface area contributed by atoms with Gasteiger partial charge < -0.3 is 4.74 Å². The molecule has 0 bridgehead atoms. The lowest BCUT2D eigenvalue weighted by Gasteiger charge is -2.24. The van der Waals surface area contributed by atoms with Crippen molar-refractivity contribution in [3.63, 3.8) is 0 Å². The molecule has 1 atom stereocenters. The molecule has 0 fully saturated rings. The van der Waals surface area contributed by atoms with E-state index in [1.165, 1.54) is 12.1 Å². The van der Waals surface area contributed by atoms with Crippen molar-refractivity contribution in [1.82, 2.24) is 0 Å². The number of rotatable bonds is 1. The van der Waals surface area contributed by atoms with E-state index in [1.807, 2.05) is 0 Å². The summed E-state index contributed by atoms with van der Waals surface area (Å²) in [7, 11) is 0. The molecule has 1 unspecified atom stereocenters. The number of ether oxygens (including phenoxy) is 1. The SMILES string of the molecule is O=[N+]([O-])C1=Cc2cc(Cl)cc(Cl)c2OC1C(F)(F)F. The fraction of sp³-hybridized carbons (Fsp3) is 0.200. The molecule has 0 aromatic heterocycles. The summed E-state index contributed by atoms with van der Waals surface area (Å²) in [4.78, 5) is 9.54. The van der Waals surface area contributed by atoms with Crippen LogP contribution in [0.5, 0.6) is 5.75 Å². The van der Waals surface area contributed by atoms with Crippen LogP contribution in [0.2, 0.25) is 10.0 Å². The van der Waals surface area contributed by atoms with Gasteiger partial charge in [-0.25, -0.2) is 0 Å². The Morgan fingerprint density at radius 1 is 1.32 bits per heavy atom. The third-order valence-corrected chi connectivity index (χ3v) is 2.85. The predicted molar refractivity (Wildman–Crippen MR) is 61.9 cm³/mol. The zero-order valence-corrected chi connectivity index (χ0v) is 10.4. The summed E-state index contributed by atoms with van der Waals surface area (Å²) in [6, 6.07) is 2.43. The van der Waals surface area contributed by atoms with Crippen LogP contribution in [0.3, 0.4) is 0 Å². The summed E-state index contributed by atoms with van der Waals surface area (Å²) in [6.07, 6.45) is -6.82. The number of alkyl halides is 3. The predicted octanol–water partition coefficient (Wildman–Crippen LogP) is 3.93. The molecule has 2 rings (SSSR count). The topological polar surface area (TPSA) is 52.4 Å². The van der Waals surface area contributed by atoms with E-state index in [9.17, 15) is 23.3 Å². The Morgan fingerprint density at radius 3 is 2.47 bits per heavy atom. The van der Waals surface area contributed by atoms with Gasteiger partial charge in [0.2, 0.25) is 0 Å². The van der Waals surface area contributed by atoms with Gasteiger partial charge >= 0.3 is 6.18 Å². The molecule has 0 saturated heterocycles. The van der Waals surface area contributed by atoms with Crippen molar-refractivity contribution in [2.45, 2.75) is 12.3 Å². The molecule has 102 valence electrons. The molecule has 0 radical (unpaired) electrons. The normalized spacial score (nSPS) is 18.4. The van der Waals surface area contributed by atoms with Gasteiger partial charge in [-0.15, -0.1) is 0 Å². The number of halogens is 5. The molecule has 1 aliphatic rings. The number of benzene rings is 1. The molecule has 19 heavy (non-hydrogen) atoms. The highest BCUT2D eigenvalue weighted by Gasteiger charge is 2.52. The second kappa shape index (κ2) is 4.57. The Balaban J connectivity index is 2.61.